The van der Waals surface area contributed by atoms with E-state index in [-0.39, 0.29) is 18.4 Å². The van der Waals surface area contributed by atoms with Gasteiger partial charge in [0, 0.05) is 32.8 Å². The third-order valence-electron chi connectivity index (χ3n) is 2.51. The van der Waals surface area contributed by atoms with Crippen molar-refractivity contribution >= 4 is 10.0 Å². The number of rotatable bonds is 7. The average Bonchev–Trinajstić information content (AvgIpc) is 2.11. The minimum Gasteiger partial charge on any atom is -0.384 e. The van der Waals surface area contributed by atoms with Crippen LogP contribution in [0.4, 0.5) is 0 Å². The first-order chi connectivity index (χ1) is 7.11. The normalized spacial score (nSPS) is 18.1. The first-order valence-electron chi connectivity index (χ1n) is 5.31. The van der Waals surface area contributed by atoms with Crippen LogP contribution in [0.3, 0.4) is 0 Å². The number of nitrogens with zero attached hydrogens (tertiary/aromatic N) is 1. The van der Waals surface area contributed by atoms with Gasteiger partial charge in [0.05, 0.1) is 12.4 Å². The molecule has 0 aromatic heterocycles. The summed E-state index contributed by atoms with van der Waals surface area (Å²) in [6.07, 6.45) is 0.850. The minimum atomic E-state index is -3.14. The van der Waals surface area contributed by atoms with Crippen LogP contribution in [0.1, 0.15) is 13.3 Å². The summed E-state index contributed by atoms with van der Waals surface area (Å²) in [4.78, 5) is 0. The molecule has 0 aliphatic carbocycles. The molecule has 1 heterocycles. The average molecular weight is 236 g/mol. The van der Waals surface area contributed by atoms with Crippen LogP contribution in [0, 0.1) is 0 Å². The van der Waals surface area contributed by atoms with Crippen molar-refractivity contribution in [1.82, 2.24) is 9.62 Å². The van der Waals surface area contributed by atoms with Gasteiger partial charge in [0.15, 0.2) is 0 Å². The van der Waals surface area contributed by atoms with Crippen molar-refractivity contribution in [3.05, 3.63) is 0 Å². The number of sulfonamides is 1. The molecule has 1 fully saturated rings. The Labute approximate surface area is 91.8 Å². The lowest BCUT2D eigenvalue weighted by Gasteiger charge is -2.37. The van der Waals surface area contributed by atoms with Crippen molar-refractivity contribution in [2.45, 2.75) is 19.4 Å². The zero-order valence-corrected chi connectivity index (χ0v) is 10.2. The molecule has 0 radical (unpaired) electrons. The molecule has 0 aromatic carbocycles. The maximum Gasteiger partial charge on any atom is 0.216 e. The van der Waals surface area contributed by atoms with Crippen LogP contribution >= 0.6 is 0 Å². The first-order valence-corrected chi connectivity index (χ1v) is 6.92. The second-order valence-corrected chi connectivity index (χ2v) is 5.77. The molecule has 1 saturated heterocycles. The molecule has 1 aliphatic heterocycles. The summed E-state index contributed by atoms with van der Waals surface area (Å²) in [5.41, 5.74) is 0. The fraction of sp³-hybridized carbons (Fsp3) is 1.00. The Morgan fingerprint density at radius 2 is 2.13 bits per heavy atom. The Bertz CT molecular complexity index is 275. The van der Waals surface area contributed by atoms with Crippen molar-refractivity contribution in [3.8, 4) is 0 Å². The second-order valence-electron chi connectivity index (χ2n) is 3.73. The van der Waals surface area contributed by atoms with Gasteiger partial charge < -0.3 is 10.1 Å². The first kappa shape index (κ1) is 12.9. The maximum atomic E-state index is 11.9. The summed E-state index contributed by atoms with van der Waals surface area (Å²) < 4.78 is 30.3. The van der Waals surface area contributed by atoms with Crippen molar-refractivity contribution in [2.24, 2.45) is 0 Å². The lowest BCUT2D eigenvalue weighted by Crippen LogP contribution is -2.59. The molecule has 0 saturated carbocycles. The highest BCUT2D eigenvalue weighted by Gasteiger charge is 2.32. The highest BCUT2D eigenvalue weighted by molar-refractivity contribution is 7.89. The van der Waals surface area contributed by atoms with Crippen molar-refractivity contribution in [3.63, 3.8) is 0 Å². The SMILES string of the molecule is CCCN(C1CNC1)S(=O)(=O)CCOC. The summed E-state index contributed by atoms with van der Waals surface area (Å²) in [6.45, 7) is 4.41. The number of hydrogen-bond donors (Lipinski definition) is 1. The Hall–Kier alpha value is -0.170. The van der Waals surface area contributed by atoms with Crippen molar-refractivity contribution in [1.29, 1.82) is 0 Å². The molecule has 1 N–H and O–H groups in total. The van der Waals surface area contributed by atoms with E-state index in [1.165, 1.54) is 7.11 Å². The molecule has 0 unspecified atom stereocenters. The van der Waals surface area contributed by atoms with Crippen LogP contribution in [-0.4, -0.2) is 57.9 Å². The molecule has 90 valence electrons. The molecular weight excluding hydrogens is 216 g/mol. The van der Waals surface area contributed by atoms with E-state index in [1.54, 1.807) is 4.31 Å². The van der Waals surface area contributed by atoms with Crippen LogP contribution in [0.5, 0.6) is 0 Å². The van der Waals surface area contributed by atoms with E-state index in [0.717, 1.165) is 19.5 Å². The summed E-state index contributed by atoms with van der Waals surface area (Å²) in [5, 5.41) is 3.09. The molecule has 0 amide bonds. The van der Waals surface area contributed by atoms with Gasteiger partial charge in [0.25, 0.3) is 0 Å². The molecule has 0 bridgehead atoms. The fourth-order valence-electron chi connectivity index (χ4n) is 1.55. The van der Waals surface area contributed by atoms with Crippen LogP contribution in [0.25, 0.3) is 0 Å². The Morgan fingerprint density at radius 1 is 1.47 bits per heavy atom. The topological polar surface area (TPSA) is 58.6 Å². The number of methoxy groups -OCH3 is 1. The van der Waals surface area contributed by atoms with Gasteiger partial charge in [-0.15, -0.1) is 0 Å². The van der Waals surface area contributed by atoms with Gasteiger partial charge in [-0.3, -0.25) is 0 Å². The Kier molecular flexibility index (Phi) is 4.98. The fourth-order valence-corrected chi connectivity index (χ4v) is 3.23. The van der Waals surface area contributed by atoms with E-state index in [4.69, 9.17) is 4.74 Å². The van der Waals surface area contributed by atoms with Gasteiger partial charge in [0.1, 0.15) is 0 Å². The smallest absolute Gasteiger partial charge is 0.216 e. The largest absolute Gasteiger partial charge is 0.384 e. The van der Waals surface area contributed by atoms with Crippen LogP contribution in [0.2, 0.25) is 0 Å². The standard InChI is InChI=1S/C9H20N2O3S/c1-3-4-11(9-7-10-8-9)15(12,13)6-5-14-2/h9-10H,3-8H2,1-2H3. The van der Waals surface area contributed by atoms with Crippen LogP contribution in [0.15, 0.2) is 0 Å². The third-order valence-corrected chi connectivity index (χ3v) is 4.39. The Morgan fingerprint density at radius 3 is 2.53 bits per heavy atom. The quantitative estimate of drug-likeness (QED) is 0.656. The summed E-state index contributed by atoms with van der Waals surface area (Å²) in [7, 11) is -1.62. The summed E-state index contributed by atoms with van der Waals surface area (Å²) >= 11 is 0. The second kappa shape index (κ2) is 5.79. The van der Waals surface area contributed by atoms with Gasteiger partial charge in [0.2, 0.25) is 10.0 Å². The van der Waals surface area contributed by atoms with Crippen LogP contribution < -0.4 is 5.32 Å². The number of ether oxygens (including phenoxy) is 1. The molecule has 15 heavy (non-hydrogen) atoms. The third kappa shape index (κ3) is 3.41. The molecule has 0 aromatic rings. The molecule has 1 rings (SSSR count). The highest BCUT2D eigenvalue weighted by Crippen LogP contribution is 2.12. The molecule has 6 heteroatoms. The van der Waals surface area contributed by atoms with E-state index < -0.39 is 10.0 Å². The molecule has 5 nitrogen and oxygen atoms in total. The zero-order valence-electron chi connectivity index (χ0n) is 9.40. The summed E-state index contributed by atoms with van der Waals surface area (Å²) in [6, 6.07) is 0.145. The van der Waals surface area contributed by atoms with E-state index >= 15 is 0 Å². The van der Waals surface area contributed by atoms with Crippen LogP contribution in [-0.2, 0) is 14.8 Å². The maximum absolute atomic E-state index is 11.9. The summed E-state index contributed by atoms with van der Waals surface area (Å²) in [5.74, 6) is 0.0833. The van der Waals surface area contributed by atoms with Gasteiger partial charge >= 0.3 is 0 Å². The molecule has 0 atom stereocenters. The molecule has 0 spiro atoms. The van der Waals surface area contributed by atoms with Gasteiger partial charge in [-0.2, -0.15) is 4.31 Å². The van der Waals surface area contributed by atoms with E-state index in [2.05, 4.69) is 5.32 Å². The Balaban J connectivity index is 2.60. The van der Waals surface area contributed by atoms with E-state index in [1.807, 2.05) is 6.92 Å². The van der Waals surface area contributed by atoms with Crippen molar-refractivity contribution < 1.29 is 13.2 Å². The van der Waals surface area contributed by atoms with E-state index in [0.29, 0.717) is 6.54 Å². The lowest BCUT2D eigenvalue weighted by molar-refractivity contribution is 0.209. The van der Waals surface area contributed by atoms with E-state index in [9.17, 15) is 8.42 Å². The number of nitrogens with one attached hydrogen (secondary N) is 1. The molecular formula is C9H20N2O3S. The van der Waals surface area contributed by atoms with Crippen molar-refractivity contribution in [2.75, 3.05) is 39.1 Å². The highest BCUT2D eigenvalue weighted by atomic mass is 32.2. The number of hydrogen-bond acceptors (Lipinski definition) is 4. The van der Waals surface area contributed by atoms with Gasteiger partial charge in [-0.1, -0.05) is 6.92 Å². The lowest BCUT2D eigenvalue weighted by atomic mass is 10.2. The predicted octanol–water partition coefficient (Wildman–Crippen LogP) is -0.354. The predicted molar refractivity (Wildman–Crippen MR) is 59.3 cm³/mol. The van der Waals surface area contributed by atoms with Gasteiger partial charge in [-0.25, -0.2) is 8.42 Å². The van der Waals surface area contributed by atoms with Gasteiger partial charge in [-0.05, 0) is 6.42 Å². The zero-order chi connectivity index (χ0) is 11.3. The minimum absolute atomic E-state index is 0.0833. The monoisotopic (exact) mass is 236 g/mol. The molecule has 1 aliphatic rings.